The fraction of sp³-hybridized carbons (Fsp3) is 0.188. The van der Waals surface area contributed by atoms with Gasteiger partial charge in [-0.25, -0.2) is 4.98 Å². The van der Waals surface area contributed by atoms with Gasteiger partial charge in [-0.1, -0.05) is 5.16 Å². The predicted octanol–water partition coefficient (Wildman–Crippen LogP) is 2.91. The Labute approximate surface area is 170 Å². The highest BCUT2D eigenvalue weighted by atomic mass is 79.9. The third-order valence-corrected chi connectivity index (χ3v) is 4.37. The average Bonchev–Trinajstić information content (AvgIpc) is 3.18. The lowest BCUT2D eigenvalue weighted by molar-refractivity contribution is -0.385. The van der Waals surface area contributed by atoms with Gasteiger partial charge in [-0.05, 0) is 22.0 Å². The van der Waals surface area contributed by atoms with Gasteiger partial charge in [0.2, 0.25) is 17.3 Å². The van der Waals surface area contributed by atoms with Gasteiger partial charge in [-0.15, -0.1) is 0 Å². The van der Waals surface area contributed by atoms with Crippen LogP contribution in [0.25, 0.3) is 22.8 Å². The number of hydrogen-bond acceptors (Lipinski definition) is 11. The number of ether oxygens (including phenoxy) is 3. The van der Waals surface area contributed by atoms with E-state index in [2.05, 4.69) is 31.1 Å². The number of rotatable bonds is 6. The summed E-state index contributed by atoms with van der Waals surface area (Å²) in [6.07, 6.45) is 0. The van der Waals surface area contributed by atoms with Crippen molar-refractivity contribution >= 4 is 21.6 Å². The van der Waals surface area contributed by atoms with Crippen molar-refractivity contribution in [1.29, 1.82) is 0 Å². The van der Waals surface area contributed by atoms with Crippen LogP contribution < -0.4 is 14.2 Å². The number of nitro benzene ring substituents is 1. The number of phenolic OH excluding ortho intramolecular Hbond substituents is 2. The Bertz CT molecular complexity index is 1100. The van der Waals surface area contributed by atoms with Gasteiger partial charge >= 0.3 is 5.69 Å². The third-order valence-electron chi connectivity index (χ3n) is 3.80. The van der Waals surface area contributed by atoms with Crippen LogP contribution in [-0.2, 0) is 0 Å². The van der Waals surface area contributed by atoms with Crippen molar-refractivity contribution in [2.75, 3.05) is 21.3 Å². The van der Waals surface area contributed by atoms with E-state index in [1.54, 1.807) is 0 Å². The van der Waals surface area contributed by atoms with E-state index in [9.17, 15) is 20.3 Å². The van der Waals surface area contributed by atoms with E-state index in [0.29, 0.717) is 0 Å². The summed E-state index contributed by atoms with van der Waals surface area (Å²) in [5.41, 5.74) is -0.418. The van der Waals surface area contributed by atoms with E-state index < -0.39 is 22.1 Å². The quantitative estimate of drug-likeness (QED) is 0.236. The highest BCUT2D eigenvalue weighted by Crippen LogP contribution is 2.46. The Morgan fingerprint density at radius 1 is 1.10 bits per heavy atom. The highest BCUT2D eigenvalue weighted by molar-refractivity contribution is 9.10. The molecule has 0 amide bonds. The summed E-state index contributed by atoms with van der Waals surface area (Å²) in [5, 5.41) is 34.3. The SMILES string of the molecule is COc1nc(Br)c(-c2noc(-c3cc(O)c(O)c([N+](=O)[O-])c3)n2)c(OC)c1OC. The fourth-order valence-electron chi connectivity index (χ4n) is 2.52. The Morgan fingerprint density at radius 3 is 2.38 bits per heavy atom. The maximum Gasteiger partial charge on any atom is 0.315 e. The second-order valence-electron chi connectivity index (χ2n) is 5.40. The summed E-state index contributed by atoms with van der Waals surface area (Å²) in [6, 6.07) is 2.05. The molecule has 12 nitrogen and oxygen atoms in total. The number of aromatic nitrogens is 3. The molecule has 3 aromatic rings. The van der Waals surface area contributed by atoms with Gasteiger partial charge in [0.05, 0.1) is 31.8 Å². The van der Waals surface area contributed by atoms with Crippen molar-refractivity contribution < 1.29 is 33.9 Å². The zero-order chi connectivity index (χ0) is 21.3. The lowest BCUT2D eigenvalue weighted by Crippen LogP contribution is -2.01. The van der Waals surface area contributed by atoms with E-state index in [4.69, 9.17) is 18.7 Å². The van der Waals surface area contributed by atoms with Crippen LogP contribution in [0.4, 0.5) is 5.69 Å². The Morgan fingerprint density at radius 2 is 1.79 bits per heavy atom. The number of aromatic hydroxyl groups is 2. The second-order valence-corrected chi connectivity index (χ2v) is 6.15. The Kier molecular flexibility index (Phi) is 5.41. The third kappa shape index (κ3) is 3.47. The molecule has 0 saturated heterocycles. The van der Waals surface area contributed by atoms with Crippen LogP contribution >= 0.6 is 15.9 Å². The lowest BCUT2D eigenvalue weighted by atomic mass is 10.1. The zero-order valence-electron chi connectivity index (χ0n) is 15.2. The summed E-state index contributed by atoms with van der Waals surface area (Å²) in [5.74, 6) is -1.15. The van der Waals surface area contributed by atoms with Crippen molar-refractivity contribution in [2.24, 2.45) is 0 Å². The lowest BCUT2D eigenvalue weighted by Gasteiger charge is -2.14. The number of halogens is 1. The summed E-state index contributed by atoms with van der Waals surface area (Å²) in [7, 11) is 4.21. The molecule has 0 saturated carbocycles. The Balaban J connectivity index is 2.16. The van der Waals surface area contributed by atoms with Crippen molar-refractivity contribution in [2.45, 2.75) is 0 Å². The molecule has 1 aromatic carbocycles. The minimum Gasteiger partial charge on any atom is -0.504 e. The van der Waals surface area contributed by atoms with Crippen LogP contribution in [0.15, 0.2) is 21.3 Å². The van der Waals surface area contributed by atoms with E-state index in [1.165, 1.54) is 21.3 Å². The smallest absolute Gasteiger partial charge is 0.315 e. The molecule has 0 spiro atoms. The van der Waals surface area contributed by atoms with Crippen molar-refractivity contribution in [1.82, 2.24) is 15.1 Å². The Hall–Kier alpha value is -3.61. The van der Waals surface area contributed by atoms with E-state index in [0.717, 1.165) is 12.1 Å². The molecule has 0 bridgehead atoms. The summed E-state index contributed by atoms with van der Waals surface area (Å²) >= 11 is 3.29. The first-order valence-corrected chi connectivity index (χ1v) is 8.51. The molecule has 0 atom stereocenters. The maximum absolute atomic E-state index is 11.1. The number of benzene rings is 1. The minimum atomic E-state index is -0.869. The summed E-state index contributed by atoms with van der Waals surface area (Å²) < 4.78 is 21.3. The van der Waals surface area contributed by atoms with E-state index >= 15 is 0 Å². The van der Waals surface area contributed by atoms with Crippen LogP contribution in [0.5, 0.6) is 28.9 Å². The van der Waals surface area contributed by atoms with Gasteiger partial charge in [0.15, 0.2) is 11.5 Å². The number of pyridine rings is 1. The molecule has 2 N–H and O–H groups in total. The van der Waals surface area contributed by atoms with Gasteiger partial charge in [0.1, 0.15) is 10.2 Å². The van der Waals surface area contributed by atoms with Crippen LogP contribution in [0.2, 0.25) is 0 Å². The van der Waals surface area contributed by atoms with Gasteiger partial charge < -0.3 is 28.9 Å². The zero-order valence-corrected chi connectivity index (χ0v) is 16.8. The van der Waals surface area contributed by atoms with Crippen LogP contribution in [0.1, 0.15) is 0 Å². The summed E-state index contributed by atoms with van der Waals surface area (Å²) in [6.45, 7) is 0. The second kappa shape index (κ2) is 7.79. The molecule has 0 aliphatic rings. The molecule has 0 radical (unpaired) electrons. The molecule has 29 heavy (non-hydrogen) atoms. The van der Waals surface area contributed by atoms with Crippen molar-refractivity contribution in [3.63, 3.8) is 0 Å². The first kappa shape index (κ1) is 20.1. The average molecular weight is 469 g/mol. The largest absolute Gasteiger partial charge is 0.504 e. The minimum absolute atomic E-state index is 0.0207. The first-order valence-electron chi connectivity index (χ1n) is 7.72. The molecule has 0 unspecified atom stereocenters. The molecule has 0 fully saturated rings. The molecule has 2 heterocycles. The number of methoxy groups -OCH3 is 3. The van der Waals surface area contributed by atoms with Crippen molar-refractivity contribution in [3.05, 3.63) is 26.9 Å². The first-order chi connectivity index (χ1) is 13.8. The van der Waals surface area contributed by atoms with E-state index in [-0.39, 0.29) is 44.8 Å². The summed E-state index contributed by atoms with van der Waals surface area (Å²) in [4.78, 5) is 18.6. The number of phenols is 2. The van der Waals surface area contributed by atoms with Crippen molar-refractivity contribution in [3.8, 4) is 51.7 Å². The number of nitrogens with zero attached hydrogens (tertiary/aromatic N) is 4. The molecule has 0 aliphatic carbocycles. The molecule has 2 aromatic heterocycles. The highest BCUT2D eigenvalue weighted by Gasteiger charge is 2.27. The molecule has 0 aliphatic heterocycles. The molecular formula is C16H13BrN4O8. The molecule has 13 heteroatoms. The fourth-order valence-corrected chi connectivity index (χ4v) is 3.03. The number of hydrogen-bond donors (Lipinski definition) is 2. The predicted molar refractivity (Wildman–Crippen MR) is 100 cm³/mol. The van der Waals surface area contributed by atoms with Gasteiger partial charge in [0.25, 0.3) is 11.8 Å². The van der Waals surface area contributed by atoms with Gasteiger partial charge in [-0.3, -0.25) is 10.1 Å². The topological polar surface area (TPSA) is 163 Å². The van der Waals surface area contributed by atoms with Crippen LogP contribution in [0, 0.1) is 10.1 Å². The van der Waals surface area contributed by atoms with Gasteiger partial charge in [0, 0.05) is 6.07 Å². The number of nitro groups is 1. The standard InChI is InChI=1S/C16H13BrN4O8/c1-26-11-9(13(17)18-16(28-3)12(11)27-2)14-19-15(29-20-14)6-4-7(21(24)25)10(23)8(22)5-6/h4-5,22-23H,1-3H3. The maximum atomic E-state index is 11.1. The van der Waals surface area contributed by atoms with Crippen LogP contribution in [0.3, 0.4) is 0 Å². The molecular weight excluding hydrogens is 456 g/mol. The normalized spacial score (nSPS) is 10.6. The monoisotopic (exact) mass is 468 g/mol. The van der Waals surface area contributed by atoms with E-state index in [1.807, 2.05) is 0 Å². The molecule has 3 rings (SSSR count). The molecule has 152 valence electrons. The van der Waals surface area contributed by atoms with Crippen LogP contribution in [-0.4, -0.2) is 51.6 Å². The van der Waals surface area contributed by atoms with Gasteiger partial charge in [-0.2, -0.15) is 4.98 Å².